The molecule has 0 aromatic heterocycles. The van der Waals surface area contributed by atoms with E-state index in [0.29, 0.717) is 12.0 Å². The highest BCUT2D eigenvalue weighted by molar-refractivity contribution is 5.95. The van der Waals surface area contributed by atoms with Crippen molar-refractivity contribution in [3.63, 3.8) is 0 Å². The largest absolute Gasteiger partial charge is 0.497 e. The first-order valence-electron chi connectivity index (χ1n) is 8.01. The number of ether oxygens (including phenoxy) is 1. The van der Waals surface area contributed by atoms with Crippen molar-refractivity contribution in [1.29, 1.82) is 0 Å². The third-order valence-corrected chi connectivity index (χ3v) is 4.00. The minimum Gasteiger partial charge on any atom is -0.497 e. The van der Waals surface area contributed by atoms with Crippen molar-refractivity contribution >= 4 is 5.91 Å². The van der Waals surface area contributed by atoms with E-state index in [1.807, 2.05) is 56.3 Å². The normalized spacial score (nSPS) is 13.2. The molecule has 4 nitrogen and oxygen atoms in total. The minimum absolute atomic E-state index is 0.164. The van der Waals surface area contributed by atoms with Gasteiger partial charge in [0.05, 0.1) is 12.7 Å². The molecule has 1 unspecified atom stereocenters. The summed E-state index contributed by atoms with van der Waals surface area (Å²) in [5, 5.41) is 13.4. The first kappa shape index (κ1) is 18.0. The number of hydrogen-bond acceptors (Lipinski definition) is 3. The molecule has 0 fully saturated rings. The van der Waals surface area contributed by atoms with E-state index in [4.69, 9.17) is 4.74 Å². The zero-order valence-corrected chi connectivity index (χ0v) is 14.7. The van der Waals surface area contributed by atoms with Gasteiger partial charge in [-0.2, -0.15) is 0 Å². The highest BCUT2D eigenvalue weighted by atomic mass is 16.5. The Kier molecular flexibility index (Phi) is 5.62. The molecule has 2 N–H and O–H groups in total. The number of carbonyl (C=O) groups is 1. The van der Waals surface area contributed by atoms with Gasteiger partial charge in [0.15, 0.2) is 0 Å². The van der Waals surface area contributed by atoms with E-state index < -0.39 is 5.60 Å². The molecule has 0 aliphatic heterocycles. The summed E-state index contributed by atoms with van der Waals surface area (Å²) >= 11 is 0. The molecule has 0 saturated carbocycles. The summed E-state index contributed by atoms with van der Waals surface area (Å²) in [5.41, 5.74) is 2.66. The van der Waals surface area contributed by atoms with Crippen molar-refractivity contribution in [2.24, 2.45) is 0 Å². The van der Waals surface area contributed by atoms with Crippen LogP contribution in [0.25, 0.3) is 0 Å². The highest BCUT2D eigenvalue weighted by Gasteiger charge is 2.22. The summed E-state index contributed by atoms with van der Waals surface area (Å²) in [6.07, 6.45) is 0.449. The molecule has 0 radical (unpaired) electrons. The van der Waals surface area contributed by atoms with Gasteiger partial charge in [-0.3, -0.25) is 4.79 Å². The van der Waals surface area contributed by atoms with Gasteiger partial charge < -0.3 is 15.2 Å². The van der Waals surface area contributed by atoms with Crippen LogP contribution < -0.4 is 10.1 Å². The Hall–Kier alpha value is -2.33. The van der Waals surface area contributed by atoms with Crippen LogP contribution in [0.2, 0.25) is 0 Å². The maximum Gasteiger partial charge on any atom is 0.251 e. The SMILES string of the molecule is COc1ccc(CC(C)(O)CNC(=O)c2ccc(C)cc2C)cc1. The Morgan fingerprint density at radius 3 is 2.42 bits per heavy atom. The molecule has 1 atom stereocenters. The number of hydrogen-bond donors (Lipinski definition) is 2. The van der Waals surface area contributed by atoms with E-state index in [2.05, 4.69) is 5.32 Å². The van der Waals surface area contributed by atoms with Crippen molar-refractivity contribution in [3.05, 3.63) is 64.7 Å². The number of aryl methyl sites for hydroxylation is 2. The minimum atomic E-state index is -1.02. The lowest BCUT2D eigenvalue weighted by molar-refractivity contribution is 0.0552. The fraction of sp³-hybridized carbons (Fsp3) is 0.350. The molecule has 0 bridgehead atoms. The Morgan fingerprint density at radius 2 is 1.83 bits per heavy atom. The second-order valence-corrected chi connectivity index (χ2v) is 6.52. The van der Waals surface area contributed by atoms with E-state index in [0.717, 1.165) is 22.4 Å². The van der Waals surface area contributed by atoms with Gasteiger partial charge >= 0.3 is 0 Å². The van der Waals surface area contributed by atoms with Gasteiger partial charge in [-0.25, -0.2) is 0 Å². The van der Waals surface area contributed by atoms with Crippen LogP contribution >= 0.6 is 0 Å². The number of methoxy groups -OCH3 is 1. The molecular formula is C20H25NO3. The molecule has 24 heavy (non-hydrogen) atoms. The zero-order chi connectivity index (χ0) is 17.7. The Balaban J connectivity index is 1.96. The average molecular weight is 327 g/mol. The Morgan fingerprint density at radius 1 is 1.17 bits per heavy atom. The number of carbonyl (C=O) groups excluding carboxylic acids is 1. The predicted octanol–water partition coefficient (Wildman–Crippen LogP) is 3.04. The van der Waals surface area contributed by atoms with Gasteiger partial charge in [-0.15, -0.1) is 0 Å². The molecule has 0 heterocycles. The molecule has 0 aliphatic rings. The van der Waals surface area contributed by atoms with Crippen LogP contribution in [0, 0.1) is 13.8 Å². The topological polar surface area (TPSA) is 58.6 Å². The van der Waals surface area contributed by atoms with Crippen LogP contribution in [-0.4, -0.2) is 30.3 Å². The van der Waals surface area contributed by atoms with Gasteiger partial charge in [0, 0.05) is 18.5 Å². The number of nitrogens with one attached hydrogen (secondary N) is 1. The molecule has 2 aromatic carbocycles. The lowest BCUT2D eigenvalue weighted by Crippen LogP contribution is -2.42. The van der Waals surface area contributed by atoms with Gasteiger partial charge in [0.25, 0.3) is 5.91 Å². The second kappa shape index (κ2) is 7.49. The third-order valence-electron chi connectivity index (χ3n) is 4.00. The van der Waals surface area contributed by atoms with Gasteiger partial charge in [-0.05, 0) is 50.1 Å². The summed E-state index contributed by atoms with van der Waals surface area (Å²) < 4.78 is 5.13. The van der Waals surface area contributed by atoms with Crippen LogP contribution in [0.4, 0.5) is 0 Å². The van der Waals surface area contributed by atoms with E-state index in [1.165, 1.54) is 0 Å². The van der Waals surface area contributed by atoms with Crippen LogP contribution in [0.1, 0.15) is 34.0 Å². The van der Waals surface area contributed by atoms with Crippen molar-refractivity contribution in [2.45, 2.75) is 32.8 Å². The van der Waals surface area contributed by atoms with Crippen molar-refractivity contribution < 1.29 is 14.6 Å². The van der Waals surface area contributed by atoms with Crippen LogP contribution in [0.5, 0.6) is 5.75 Å². The van der Waals surface area contributed by atoms with Crippen LogP contribution in [0.15, 0.2) is 42.5 Å². The summed E-state index contributed by atoms with van der Waals surface area (Å²) in [6.45, 7) is 5.82. The zero-order valence-electron chi connectivity index (χ0n) is 14.7. The lowest BCUT2D eigenvalue weighted by atomic mass is 9.96. The fourth-order valence-electron chi connectivity index (χ4n) is 2.68. The molecule has 0 aliphatic carbocycles. The van der Waals surface area contributed by atoms with Crippen molar-refractivity contribution in [2.75, 3.05) is 13.7 Å². The number of amides is 1. The van der Waals surface area contributed by atoms with E-state index >= 15 is 0 Å². The van der Waals surface area contributed by atoms with Gasteiger partial charge in [0.1, 0.15) is 5.75 Å². The predicted molar refractivity (Wildman–Crippen MR) is 95.6 cm³/mol. The summed E-state index contributed by atoms with van der Waals surface area (Å²) in [4.78, 5) is 12.3. The van der Waals surface area contributed by atoms with Crippen LogP contribution in [0.3, 0.4) is 0 Å². The summed E-state index contributed by atoms with van der Waals surface area (Å²) in [7, 11) is 1.62. The molecule has 128 valence electrons. The maximum atomic E-state index is 12.3. The molecule has 2 aromatic rings. The van der Waals surface area contributed by atoms with Crippen molar-refractivity contribution in [3.8, 4) is 5.75 Å². The Bertz CT molecular complexity index is 705. The number of aliphatic hydroxyl groups is 1. The third kappa shape index (κ3) is 4.83. The molecule has 2 rings (SSSR count). The average Bonchev–Trinajstić information content (AvgIpc) is 2.53. The highest BCUT2D eigenvalue weighted by Crippen LogP contribution is 2.17. The fourth-order valence-corrected chi connectivity index (χ4v) is 2.68. The van der Waals surface area contributed by atoms with E-state index in [9.17, 15) is 9.90 Å². The smallest absolute Gasteiger partial charge is 0.251 e. The van der Waals surface area contributed by atoms with E-state index in [-0.39, 0.29) is 12.5 Å². The Labute approximate surface area is 143 Å². The van der Waals surface area contributed by atoms with Gasteiger partial charge in [-0.1, -0.05) is 29.8 Å². The lowest BCUT2D eigenvalue weighted by Gasteiger charge is -2.24. The molecule has 1 amide bonds. The summed E-state index contributed by atoms with van der Waals surface area (Å²) in [6, 6.07) is 13.3. The monoisotopic (exact) mass is 327 g/mol. The first-order chi connectivity index (χ1) is 11.3. The molecular weight excluding hydrogens is 302 g/mol. The number of benzene rings is 2. The first-order valence-corrected chi connectivity index (χ1v) is 8.01. The number of rotatable bonds is 6. The summed E-state index contributed by atoms with van der Waals surface area (Å²) in [5.74, 6) is 0.615. The maximum absolute atomic E-state index is 12.3. The molecule has 4 heteroatoms. The molecule has 0 spiro atoms. The second-order valence-electron chi connectivity index (χ2n) is 6.52. The van der Waals surface area contributed by atoms with Gasteiger partial charge in [0.2, 0.25) is 0 Å². The van der Waals surface area contributed by atoms with Crippen LogP contribution in [-0.2, 0) is 6.42 Å². The standard InChI is InChI=1S/C20H25NO3/c1-14-5-10-18(15(2)11-14)19(22)21-13-20(3,23)12-16-6-8-17(24-4)9-7-16/h5-11,23H,12-13H2,1-4H3,(H,21,22). The molecule has 0 saturated heterocycles. The van der Waals surface area contributed by atoms with E-state index in [1.54, 1.807) is 14.0 Å². The quantitative estimate of drug-likeness (QED) is 0.857. The van der Waals surface area contributed by atoms with Crippen molar-refractivity contribution in [1.82, 2.24) is 5.32 Å².